The second-order valence-corrected chi connectivity index (χ2v) is 5.21. The third kappa shape index (κ3) is 3.08. The highest BCUT2D eigenvalue weighted by Gasteiger charge is 2.10. The summed E-state index contributed by atoms with van der Waals surface area (Å²) in [6, 6.07) is 10.2. The molecule has 0 saturated carbocycles. The molecule has 2 rings (SSSR count). The summed E-state index contributed by atoms with van der Waals surface area (Å²) in [5, 5.41) is 23.7. The highest BCUT2D eigenvalue weighted by molar-refractivity contribution is 9.10. The molecule has 0 radical (unpaired) electrons. The fourth-order valence-corrected chi connectivity index (χ4v) is 2.28. The maximum absolute atomic E-state index is 10.7. The molecule has 0 saturated heterocycles. The Morgan fingerprint density at radius 3 is 2.75 bits per heavy atom. The molecular formula is C14H13BrN2O3. The molecule has 0 unspecified atom stereocenters. The zero-order chi connectivity index (χ0) is 14.7. The molecule has 0 bridgehead atoms. The van der Waals surface area contributed by atoms with Gasteiger partial charge in [-0.3, -0.25) is 10.1 Å². The van der Waals surface area contributed by atoms with E-state index in [1.807, 2.05) is 12.1 Å². The van der Waals surface area contributed by atoms with E-state index in [0.717, 1.165) is 11.3 Å². The molecule has 2 aromatic carbocycles. The highest BCUT2D eigenvalue weighted by atomic mass is 79.9. The standard InChI is InChI=1S/C14H13BrN2O3/c1-9-7-11(5-6-13(9)17(19)20)16-8-10-3-2-4-12(15)14(10)18/h2-7,16,18H,8H2,1H3. The van der Waals surface area contributed by atoms with E-state index in [1.54, 1.807) is 25.1 Å². The van der Waals surface area contributed by atoms with Crippen LogP contribution in [0.3, 0.4) is 0 Å². The predicted octanol–water partition coefficient (Wildman–Crippen LogP) is 3.98. The van der Waals surface area contributed by atoms with Crippen molar-refractivity contribution in [2.24, 2.45) is 0 Å². The molecule has 5 nitrogen and oxygen atoms in total. The van der Waals surface area contributed by atoms with E-state index in [9.17, 15) is 15.2 Å². The Bertz CT molecular complexity index is 659. The van der Waals surface area contributed by atoms with Crippen LogP contribution in [0.5, 0.6) is 5.75 Å². The fourth-order valence-electron chi connectivity index (χ4n) is 1.87. The lowest BCUT2D eigenvalue weighted by molar-refractivity contribution is -0.385. The van der Waals surface area contributed by atoms with Crippen LogP contribution in [-0.4, -0.2) is 10.0 Å². The van der Waals surface area contributed by atoms with Gasteiger partial charge in [-0.2, -0.15) is 0 Å². The Labute approximate surface area is 124 Å². The molecule has 2 aromatic rings. The normalized spacial score (nSPS) is 10.3. The van der Waals surface area contributed by atoms with E-state index < -0.39 is 4.92 Å². The van der Waals surface area contributed by atoms with Crippen molar-refractivity contribution in [3.63, 3.8) is 0 Å². The molecule has 104 valence electrons. The molecule has 0 aromatic heterocycles. The summed E-state index contributed by atoms with van der Waals surface area (Å²) in [6.07, 6.45) is 0. The van der Waals surface area contributed by atoms with E-state index >= 15 is 0 Å². The van der Waals surface area contributed by atoms with E-state index in [4.69, 9.17) is 0 Å². The van der Waals surface area contributed by atoms with Crippen LogP contribution in [0, 0.1) is 17.0 Å². The van der Waals surface area contributed by atoms with Gasteiger partial charge in [-0.25, -0.2) is 0 Å². The van der Waals surface area contributed by atoms with Gasteiger partial charge in [0.2, 0.25) is 0 Å². The average molecular weight is 337 g/mol. The highest BCUT2D eigenvalue weighted by Crippen LogP contribution is 2.28. The van der Waals surface area contributed by atoms with Crippen molar-refractivity contribution in [1.82, 2.24) is 0 Å². The van der Waals surface area contributed by atoms with Crippen LogP contribution in [0.25, 0.3) is 0 Å². The van der Waals surface area contributed by atoms with E-state index in [1.165, 1.54) is 6.07 Å². The molecule has 0 fully saturated rings. The van der Waals surface area contributed by atoms with Crippen molar-refractivity contribution < 1.29 is 10.0 Å². The number of rotatable bonds is 4. The number of anilines is 1. The minimum atomic E-state index is -0.404. The van der Waals surface area contributed by atoms with E-state index in [-0.39, 0.29) is 11.4 Å². The number of aromatic hydroxyl groups is 1. The largest absolute Gasteiger partial charge is 0.506 e. The van der Waals surface area contributed by atoms with Gasteiger partial charge in [0.1, 0.15) is 5.75 Å². The molecule has 0 aliphatic carbocycles. The second-order valence-electron chi connectivity index (χ2n) is 4.36. The van der Waals surface area contributed by atoms with Crippen molar-refractivity contribution in [1.29, 1.82) is 0 Å². The number of benzene rings is 2. The molecule has 2 N–H and O–H groups in total. The maximum Gasteiger partial charge on any atom is 0.272 e. The lowest BCUT2D eigenvalue weighted by atomic mass is 10.1. The van der Waals surface area contributed by atoms with Crippen molar-refractivity contribution >= 4 is 27.3 Å². The number of para-hydroxylation sites is 1. The summed E-state index contributed by atoms with van der Waals surface area (Å²) in [7, 11) is 0. The molecular weight excluding hydrogens is 324 g/mol. The van der Waals surface area contributed by atoms with Crippen LogP contribution in [0.1, 0.15) is 11.1 Å². The summed E-state index contributed by atoms with van der Waals surface area (Å²) in [6.45, 7) is 2.13. The quantitative estimate of drug-likeness (QED) is 0.654. The topological polar surface area (TPSA) is 75.4 Å². The van der Waals surface area contributed by atoms with Crippen LogP contribution in [0.15, 0.2) is 40.9 Å². The maximum atomic E-state index is 10.7. The molecule has 0 aliphatic rings. The number of phenolic OH excluding ortho intramolecular Hbond substituents is 1. The number of nitrogens with one attached hydrogen (secondary N) is 1. The first-order chi connectivity index (χ1) is 9.49. The van der Waals surface area contributed by atoms with Gasteiger partial charge < -0.3 is 10.4 Å². The van der Waals surface area contributed by atoms with Gasteiger partial charge in [0, 0.05) is 29.4 Å². The molecule has 6 heteroatoms. The zero-order valence-corrected chi connectivity index (χ0v) is 12.3. The Kier molecular flexibility index (Phi) is 4.24. The van der Waals surface area contributed by atoms with Crippen LogP contribution in [0.4, 0.5) is 11.4 Å². The lowest BCUT2D eigenvalue weighted by Gasteiger charge is -2.10. The van der Waals surface area contributed by atoms with Gasteiger partial charge in [0.15, 0.2) is 0 Å². The summed E-state index contributed by atoms with van der Waals surface area (Å²) in [5.41, 5.74) is 2.21. The third-order valence-electron chi connectivity index (χ3n) is 2.95. The SMILES string of the molecule is Cc1cc(NCc2cccc(Br)c2O)ccc1[N+](=O)[O-]. The first-order valence-corrected chi connectivity index (χ1v) is 6.73. The van der Waals surface area contributed by atoms with Crippen molar-refractivity contribution in [2.75, 3.05) is 5.32 Å². The number of nitro groups is 1. The van der Waals surface area contributed by atoms with E-state index in [0.29, 0.717) is 16.6 Å². The second kappa shape index (κ2) is 5.92. The lowest BCUT2D eigenvalue weighted by Crippen LogP contribution is -2.01. The van der Waals surface area contributed by atoms with Gasteiger partial charge in [0.25, 0.3) is 5.69 Å². The molecule has 0 amide bonds. The Morgan fingerprint density at radius 2 is 2.10 bits per heavy atom. The van der Waals surface area contributed by atoms with Gasteiger partial charge in [-0.1, -0.05) is 12.1 Å². The van der Waals surface area contributed by atoms with Gasteiger partial charge >= 0.3 is 0 Å². The van der Waals surface area contributed by atoms with Crippen LogP contribution in [-0.2, 0) is 6.54 Å². The van der Waals surface area contributed by atoms with Crippen LogP contribution in [0.2, 0.25) is 0 Å². The monoisotopic (exact) mass is 336 g/mol. The number of hydrogen-bond acceptors (Lipinski definition) is 4. The zero-order valence-electron chi connectivity index (χ0n) is 10.8. The van der Waals surface area contributed by atoms with Crippen LogP contribution >= 0.6 is 15.9 Å². The number of nitro benzene ring substituents is 1. The first-order valence-electron chi connectivity index (χ1n) is 5.94. The Morgan fingerprint density at radius 1 is 1.35 bits per heavy atom. The molecule has 0 atom stereocenters. The smallest absolute Gasteiger partial charge is 0.272 e. The number of halogens is 1. The molecule has 20 heavy (non-hydrogen) atoms. The van der Waals surface area contributed by atoms with Gasteiger partial charge in [0.05, 0.1) is 9.40 Å². The summed E-state index contributed by atoms with van der Waals surface area (Å²) < 4.78 is 0.636. The summed E-state index contributed by atoms with van der Waals surface area (Å²) in [4.78, 5) is 10.3. The van der Waals surface area contributed by atoms with E-state index in [2.05, 4.69) is 21.2 Å². The Hall–Kier alpha value is -2.08. The minimum absolute atomic E-state index is 0.0980. The Balaban J connectivity index is 2.13. The van der Waals surface area contributed by atoms with Crippen molar-refractivity contribution in [3.8, 4) is 5.75 Å². The fraction of sp³-hybridized carbons (Fsp3) is 0.143. The number of phenols is 1. The van der Waals surface area contributed by atoms with Crippen molar-refractivity contribution in [2.45, 2.75) is 13.5 Å². The van der Waals surface area contributed by atoms with Crippen LogP contribution < -0.4 is 5.32 Å². The number of aryl methyl sites for hydroxylation is 1. The average Bonchev–Trinajstić information content (AvgIpc) is 2.40. The molecule has 0 aliphatic heterocycles. The third-order valence-corrected chi connectivity index (χ3v) is 3.59. The minimum Gasteiger partial charge on any atom is -0.506 e. The number of nitrogens with zero attached hydrogens (tertiary/aromatic N) is 1. The molecule has 0 spiro atoms. The molecule has 0 heterocycles. The number of hydrogen-bond donors (Lipinski definition) is 2. The first kappa shape index (κ1) is 14.3. The summed E-state index contributed by atoms with van der Waals surface area (Å²) in [5.74, 6) is 0.193. The van der Waals surface area contributed by atoms with Gasteiger partial charge in [-0.05, 0) is 41.1 Å². The predicted molar refractivity (Wildman–Crippen MR) is 81.0 cm³/mol. The van der Waals surface area contributed by atoms with Crippen molar-refractivity contribution in [3.05, 3.63) is 62.1 Å². The summed E-state index contributed by atoms with van der Waals surface area (Å²) >= 11 is 3.26. The van der Waals surface area contributed by atoms with Gasteiger partial charge in [-0.15, -0.1) is 0 Å².